The molecule has 0 saturated carbocycles. The molecule has 2 aliphatic rings. The van der Waals surface area contributed by atoms with Crippen LogP contribution in [0.3, 0.4) is 0 Å². The molecule has 79 heavy (non-hydrogen) atoms. The fraction of sp³-hybridized carbons (Fsp3) is 0.333. The molecule has 0 aliphatic carbocycles. The average molecular weight is 1100 g/mol. The largest absolute Gasteiger partial charge is 0.497 e. The zero-order valence-electron chi connectivity index (χ0n) is 46.0. The normalized spacial score (nSPS) is 17.4. The summed E-state index contributed by atoms with van der Waals surface area (Å²) >= 11 is 1.79. The van der Waals surface area contributed by atoms with Gasteiger partial charge >= 0.3 is 5.69 Å². The van der Waals surface area contributed by atoms with Gasteiger partial charge in [0.1, 0.15) is 36.0 Å². The molecule has 16 heteroatoms. The summed E-state index contributed by atoms with van der Waals surface area (Å²) in [6.07, 6.45) is 10.5. The molecule has 4 heterocycles. The number of aromatic nitrogens is 3. The highest BCUT2D eigenvalue weighted by atomic mass is 32.2. The molecule has 0 amide bonds. The SMILES string of the molecule is COc1ccc(C(OC[C@H]2O[C@@H](n3cc(/C=C/CCCC[n+]4ccc(C=C5Sc6ccccc6N5C)c5ccccc54)c(=O)[nH]c3=O)C[C@@H]2OP(OCCC#N)N(C(C)C)C(C)C)(c2ccccc2)c2ccc(OC)cc2)cc1. The number of anilines is 1. The summed E-state index contributed by atoms with van der Waals surface area (Å²) in [5.41, 5.74) is 4.17. The second-order valence-electron chi connectivity index (χ2n) is 20.1. The maximum Gasteiger partial charge on any atom is 0.330 e. The summed E-state index contributed by atoms with van der Waals surface area (Å²) in [6, 6.07) is 47.1. The van der Waals surface area contributed by atoms with Crippen molar-refractivity contribution in [1.82, 2.24) is 14.2 Å². The summed E-state index contributed by atoms with van der Waals surface area (Å²) in [5.74, 6) is 1.39. The number of aromatic amines is 1. The summed E-state index contributed by atoms with van der Waals surface area (Å²) in [5, 5.41) is 11.9. The number of ether oxygens (including phenoxy) is 4. The van der Waals surface area contributed by atoms with Crippen molar-refractivity contribution < 1.29 is 32.6 Å². The molecule has 1 unspecified atom stereocenters. The minimum absolute atomic E-state index is 0.00587. The first-order valence-electron chi connectivity index (χ1n) is 27.0. The van der Waals surface area contributed by atoms with Gasteiger partial charge in [0.2, 0.25) is 5.52 Å². The lowest BCUT2D eigenvalue weighted by Crippen LogP contribution is -2.39. The lowest BCUT2D eigenvalue weighted by atomic mass is 9.80. The van der Waals surface area contributed by atoms with Gasteiger partial charge in [-0.3, -0.25) is 14.3 Å². The Hall–Kier alpha value is -6.86. The molecule has 2 aromatic heterocycles. The van der Waals surface area contributed by atoms with Crippen LogP contribution in [0, 0.1) is 11.3 Å². The van der Waals surface area contributed by atoms with Crippen LogP contribution in [0.5, 0.6) is 11.5 Å². The number of hydrogen-bond donors (Lipinski definition) is 1. The van der Waals surface area contributed by atoms with Gasteiger partial charge in [0.25, 0.3) is 14.1 Å². The highest BCUT2D eigenvalue weighted by molar-refractivity contribution is 8.03. The topological polar surface area (TPSA) is 144 Å². The number of rotatable bonds is 24. The third kappa shape index (κ3) is 12.9. The standard InChI is InChI=1S/C63H69N6O8PS/c1-44(2)69(45(3)4)78(75-39-19-36-64)77-56-41-59(76-57(56)43-74-63(48-21-12-10-13-22-48,49-27-31-51(72-6)32-28-49)50-29-33-52(73-7)34-30-50)68-42-47(61(70)65-62(68)71)20-11-8-9-18-37-67-38-35-46(53-23-14-15-24-54(53)67)40-60-66(5)55-25-16-17-26-58(55)79-60/h10-17,20-35,38,40,42,44-45,56-57,59H,8-9,18-19,37,39,41,43H2,1-7H3/p+1/b20-11+/t56-,57+,59+,78?/m0/s1. The molecule has 410 valence electrons. The number of hydrogen-bond acceptors (Lipinski definition) is 12. The number of H-pyrrole nitrogens is 1. The Balaban J connectivity index is 0.961. The van der Waals surface area contributed by atoms with Crippen molar-refractivity contribution in [1.29, 1.82) is 5.26 Å². The van der Waals surface area contributed by atoms with E-state index >= 15 is 0 Å². The third-order valence-corrected chi connectivity index (χ3v) is 17.7. The minimum atomic E-state index is -1.74. The van der Waals surface area contributed by atoms with Gasteiger partial charge in [-0.05, 0) is 111 Å². The second kappa shape index (κ2) is 26.4. The van der Waals surface area contributed by atoms with E-state index in [2.05, 4.69) is 127 Å². The molecule has 0 spiro atoms. The molecule has 1 fully saturated rings. The Morgan fingerprint density at radius 3 is 2.18 bits per heavy atom. The van der Waals surface area contributed by atoms with E-state index in [0.29, 0.717) is 17.1 Å². The molecular formula is C63H70N6O8PS+. The van der Waals surface area contributed by atoms with Crippen LogP contribution in [0.4, 0.5) is 5.69 Å². The van der Waals surface area contributed by atoms with Gasteiger partial charge in [-0.25, -0.2) is 9.46 Å². The Morgan fingerprint density at radius 1 is 0.848 bits per heavy atom. The summed E-state index contributed by atoms with van der Waals surface area (Å²) in [4.78, 5) is 33.4. The number of nitrogens with zero attached hydrogens (tertiary/aromatic N) is 5. The van der Waals surface area contributed by atoms with Gasteiger partial charge in [-0.15, -0.1) is 0 Å². The molecule has 5 aromatic carbocycles. The van der Waals surface area contributed by atoms with Crippen molar-refractivity contribution in [3.63, 3.8) is 0 Å². The van der Waals surface area contributed by atoms with Gasteiger partial charge in [0.05, 0.1) is 67.7 Å². The van der Waals surface area contributed by atoms with E-state index in [9.17, 15) is 14.9 Å². The zero-order valence-corrected chi connectivity index (χ0v) is 47.7. The Labute approximate surface area is 468 Å². The van der Waals surface area contributed by atoms with Crippen LogP contribution >= 0.6 is 20.3 Å². The lowest BCUT2D eigenvalue weighted by molar-refractivity contribution is -0.671. The number of unbranched alkanes of at least 4 members (excludes halogenated alkanes) is 2. The average Bonchev–Trinajstić information content (AvgIpc) is 4.16. The number of fused-ring (bicyclic) bond motifs is 2. The van der Waals surface area contributed by atoms with Crippen LogP contribution in [-0.2, 0) is 30.7 Å². The van der Waals surface area contributed by atoms with Crippen LogP contribution in [-0.4, -0.2) is 73.0 Å². The molecule has 7 aromatic rings. The number of pyridine rings is 1. The highest BCUT2D eigenvalue weighted by Gasteiger charge is 2.45. The monoisotopic (exact) mass is 1100 g/mol. The molecule has 1 N–H and O–H groups in total. The fourth-order valence-corrected chi connectivity index (χ4v) is 13.3. The summed E-state index contributed by atoms with van der Waals surface area (Å²) in [7, 11) is 3.65. The van der Waals surface area contributed by atoms with Gasteiger partial charge < -0.3 is 32.9 Å². The second-order valence-corrected chi connectivity index (χ2v) is 22.6. The highest BCUT2D eigenvalue weighted by Crippen LogP contribution is 2.51. The number of benzene rings is 5. The Morgan fingerprint density at radius 2 is 1.51 bits per heavy atom. The van der Waals surface area contributed by atoms with Gasteiger partial charge in [0.15, 0.2) is 6.20 Å². The molecule has 2 aliphatic heterocycles. The Bertz CT molecular complexity index is 3340. The molecule has 14 nitrogen and oxygen atoms in total. The van der Waals surface area contributed by atoms with E-state index in [0.717, 1.165) is 42.5 Å². The predicted molar refractivity (Wildman–Crippen MR) is 314 cm³/mol. The van der Waals surface area contributed by atoms with Gasteiger partial charge in [-0.2, -0.15) is 9.83 Å². The number of para-hydroxylation sites is 2. The van der Waals surface area contributed by atoms with E-state index in [4.69, 9.17) is 28.0 Å². The molecule has 1 saturated heterocycles. The van der Waals surface area contributed by atoms with Crippen molar-refractivity contribution in [3.8, 4) is 17.6 Å². The van der Waals surface area contributed by atoms with Crippen molar-refractivity contribution in [2.75, 3.05) is 39.4 Å². The summed E-state index contributed by atoms with van der Waals surface area (Å²) < 4.78 is 44.9. The van der Waals surface area contributed by atoms with E-state index in [1.807, 2.05) is 84.9 Å². The minimum Gasteiger partial charge on any atom is -0.497 e. The number of aryl methyl sites for hydroxylation is 1. The number of thioether (sulfide) groups is 1. The number of allylic oxidation sites excluding steroid dienone is 1. The first kappa shape index (κ1) is 56.8. The van der Waals surface area contributed by atoms with Crippen molar-refractivity contribution >= 4 is 49.0 Å². The maximum absolute atomic E-state index is 13.9. The van der Waals surface area contributed by atoms with Crippen LogP contribution in [0.25, 0.3) is 23.1 Å². The predicted octanol–water partition coefficient (Wildman–Crippen LogP) is 12.4. The maximum atomic E-state index is 13.9. The van der Waals surface area contributed by atoms with Crippen LogP contribution in [0.2, 0.25) is 0 Å². The molecule has 4 atom stereocenters. The lowest BCUT2D eigenvalue weighted by Gasteiger charge is -2.39. The van der Waals surface area contributed by atoms with Gasteiger partial charge in [-0.1, -0.05) is 103 Å². The first-order valence-corrected chi connectivity index (χ1v) is 28.9. The number of methoxy groups -OCH3 is 2. The molecular weight excluding hydrogens is 1030 g/mol. The number of nitriles is 1. The van der Waals surface area contributed by atoms with Gasteiger partial charge in [0, 0.05) is 55.2 Å². The zero-order chi connectivity index (χ0) is 55.5. The van der Waals surface area contributed by atoms with E-state index in [1.54, 1.807) is 38.3 Å². The van der Waals surface area contributed by atoms with Crippen molar-refractivity contribution in [3.05, 3.63) is 206 Å². The number of nitrogens with one attached hydrogen (secondary N) is 1. The van der Waals surface area contributed by atoms with Crippen molar-refractivity contribution in [2.45, 2.75) is 107 Å². The van der Waals surface area contributed by atoms with Crippen LogP contribution in [0.1, 0.15) is 93.8 Å². The fourth-order valence-electron chi connectivity index (χ4n) is 10.4. The van der Waals surface area contributed by atoms with E-state index < -0.39 is 43.8 Å². The van der Waals surface area contributed by atoms with E-state index in [1.165, 1.54) is 36.6 Å². The molecule has 0 bridgehead atoms. The quantitative estimate of drug-likeness (QED) is 0.0266. The first-order chi connectivity index (χ1) is 38.4. The Kier molecular flexibility index (Phi) is 19.0. The smallest absolute Gasteiger partial charge is 0.330 e. The van der Waals surface area contributed by atoms with Crippen LogP contribution < -0.4 is 30.2 Å². The third-order valence-electron chi connectivity index (χ3n) is 14.3. The molecule has 0 radical (unpaired) electrons. The van der Waals surface area contributed by atoms with Crippen molar-refractivity contribution in [2.24, 2.45) is 0 Å². The summed E-state index contributed by atoms with van der Waals surface area (Å²) in [6.45, 7) is 9.34. The molecule has 9 rings (SSSR count). The van der Waals surface area contributed by atoms with Crippen LogP contribution in [0.15, 0.2) is 171 Å². The van der Waals surface area contributed by atoms with E-state index in [-0.39, 0.29) is 38.1 Å².